The van der Waals surface area contributed by atoms with Crippen molar-refractivity contribution in [2.24, 2.45) is 0 Å². The van der Waals surface area contributed by atoms with Crippen molar-refractivity contribution in [2.45, 2.75) is 32.2 Å². The van der Waals surface area contributed by atoms with E-state index in [1.165, 1.54) is 23.6 Å². The summed E-state index contributed by atoms with van der Waals surface area (Å²) in [5.41, 5.74) is 4.51. The molecule has 1 unspecified atom stereocenters. The van der Waals surface area contributed by atoms with E-state index in [0.29, 0.717) is 11.6 Å². The average molecular weight is 255 g/mol. The van der Waals surface area contributed by atoms with Crippen LogP contribution in [-0.2, 0) is 6.42 Å². The number of rotatable bonds is 2. The minimum absolute atomic E-state index is 0.144. The molecule has 1 aliphatic carbocycles. The molecule has 0 heterocycles. The SMILES string of the molecule is Cc1cc(NC2CCCc3ccccc32)ccc1F. The van der Waals surface area contributed by atoms with Gasteiger partial charge in [0.2, 0.25) is 0 Å². The Balaban J connectivity index is 1.86. The van der Waals surface area contributed by atoms with Crippen molar-refractivity contribution in [3.05, 3.63) is 65.0 Å². The summed E-state index contributed by atoms with van der Waals surface area (Å²) in [5, 5.41) is 3.54. The van der Waals surface area contributed by atoms with Crippen molar-refractivity contribution in [2.75, 3.05) is 5.32 Å². The lowest BCUT2D eigenvalue weighted by atomic mass is 9.87. The number of benzene rings is 2. The van der Waals surface area contributed by atoms with E-state index in [1.807, 2.05) is 12.1 Å². The molecule has 3 rings (SSSR count). The molecule has 2 heteroatoms. The quantitative estimate of drug-likeness (QED) is 0.825. The first-order valence-corrected chi connectivity index (χ1v) is 6.84. The maximum Gasteiger partial charge on any atom is 0.126 e. The van der Waals surface area contributed by atoms with E-state index in [2.05, 4.69) is 29.6 Å². The van der Waals surface area contributed by atoms with Gasteiger partial charge in [-0.15, -0.1) is 0 Å². The van der Waals surface area contributed by atoms with Crippen molar-refractivity contribution in [3.63, 3.8) is 0 Å². The zero-order valence-corrected chi connectivity index (χ0v) is 11.1. The van der Waals surface area contributed by atoms with Crippen LogP contribution in [-0.4, -0.2) is 0 Å². The van der Waals surface area contributed by atoms with Crippen molar-refractivity contribution >= 4 is 5.69 Å². The van der Waals surface area contributed by atoms with Gasteiger partial charge in [-0.2, -0.15) is 0 Å². The van der Waals surface area contributed by atoms with Gasteiger partial charge in [-0.3, -0.25) is 0 Å². The van der Waals surface area contributed by atoms with E-state index in [4.69, 9.17) is 0 Å². The van der Waals surface area contributed by atoms with E-state index in [0.717, 1.165) is 18.5 Å². The van der Waals surface area contributed by atoms with Gasteiger partial charge in [-0.1, -0.05) is 24.3 Å². The third-order valence-corrected chi connectivity index (χ3v) is 3.87. The Labute approximate surface area is 113 Å². The van der Waals surface area contributed by atoms with Crippen LogP contribution in [0.3, 0.4) is 0 Å². The van der Waals surface area contributed by atoms with Crippen LogP contribution >= 0.6 is 0 Å². The second-order valence-corrected chi connectivity index (χ2v) is 5.25. The predicted octanol–water partition coefficient (Wildman–Crippen LogP) is 4.62. The minimum atomic E-state index is -0.144. The molecule has 98 valence electrons. The maximum atomic E-state index is 13.3. The Morgan fingerprint density at radius 2 is 2.00 bits per heavy atom. The summed E-state index contributed by atoms with van der Waals surface area (Å²) < 4.78 is 13.3. The Bertz CT molecular complexity index is 592. The van der Waals surface area contributed by atoms with Gasteiger partial charge >= 0.3 is 0 Å². The summed E-state index contributed by atoms with van der Waals surface area (Å²) in [6, 6.07) is 14.2. The molecule has 0 fully saturated rings. The van der Waals surface area contributed by atoms with Crippen LogP contribution in [0.5, 0.6) is 0 Å². The standard InChI is InChI=1S/C17H18FN/c1-12-11-14(9-10-16(12)18)19-17-8-4-6-13-5-2-3-7-15(13)17/h2-3,5,7,9-11,17,19H,4,6,8H2,1H3. The Kier molecular flexibility index (Phi) is 3.24. The molecule has 2 aromatic rings. The van der Waals surface area contributed by atoms with Crippen LogP contribution in [0.2, 0.25) is 0 Å². The fraction of sp³-hybridized carbons (Fsp3) is 0.294. The van der Waals surface area contributed by atoms with Gasteiger partial charge < -0.3 is 5.32 Å². The molecule has 0 saturated carbocycles. The molecule has 0 saturated heterocycles. The van der Waals surface area contributed by atoms with Crippen molar-refractivity contribution in [1.29, 1.82) is 0 Å². The van der Waals surface area contributed by atoms with E-state index in [1.54, 1.807) is 6.92 Å². The molecule has 1 nitrogen and oxygen atoms in total. The van der Waals surface area contributed by atoms with E-state index < -0.39 is 0 Å². The molecule has 1 aliphatic rings. The fourth-order valence-electron chi connectivity index (χ4n) is 2.84. The lowest BCUT2D eigenvalue weighted by molar-refractivity contribution is 0.598. The Morgan fingerprint density at radius 3 is 2.84 bits per heavy atom. The molecule has 0 spiro atoms. The summed E-state index contributed by atoms with van der Waals surface area (Å²) in [7, 11) is 0. The first-order valence-electron chi connectivity index (χ1n) is 6.84. The molecule has 1 N–H and O–H groups in total. The van der Waals surface area contributed by atoms with Gasteiger partial charge in [0.1, 0.15) is 5.82 Å². The zero-order valence-electron chi connectivity index (χ0n) is 11.1. The number of hydrogen-bond donors (Lipinski definition) is 1. The van der Waals surface area contributed by atoms with Gasteiger partial charge in [-0.05, 0) is 61.1 Å². The number of halogens is 1. The Morgan fingerprint density at radius 1 is 1.16 bits per heavy atom. The van der Waals surface area contributed by atoms with Gasteiger partial charge in [0.05, 0.1) is 6.04 Å². The summed E-state index contributed by atoms with van der Waals surface area (Å²) >= 11 is 0. The van der Waals surface area contributed by atoms with Gasteiger partial charge in [0.15, 0.2) is 0 Å². The summed E-state index contributed by atoms with van der Waals surface area (Å²) in [6.45, 7) is 1.80. The lowest BCUT2D eigenvalue weighted by Gasteiger charge is -2.27. The number of nitrogens with one attached hydrogen (secondary N) is 1. The second kappa shape index (κ2) is 5.04. The van der Waals surface area contributed by atoms with Gasteiger partial charge in [0.25, 0.3) is 0 Å². The largest absolute Gasteiger partial charge is 0.378 e. The van der Waals surface area contributed by atoms with Crippen LogP contribution in [0.4, 0.5) is 10.1 Å². The van der Waals surface area contributed by atoms with Crippen molar-refractivity contribution in [1.82, 2.24) is 0 Å². The van der Waals surface area contributed by atoms with Gasteiger partial charge in [-0.25, -0.2) is 4.39 Å². The normalized spacial score (nSPS) is 17.9. The first kappa shape index (κ1) is 12.2. The topological polar surface area (TPSA) is 12.0 Å². The molecule has 0 bridgehead atoms. The van der Waals surface area contributed by atoms with Gasteiger partial charge in [0, 0.05) is 5.69 Å². The summed E-state index contributed by atoms with van der Waals surface area (Å²) in [6.07, 6.45) is 3.50. The third kappa shape index (κ3) is 2.48. The highest BCUT2D eigenvalue weighted by Gasteiger charge is 2.19. The van der Waals surface area contributed by atoms with E-state index in [9.17, 15) is 4.39 Å². The second-order valence-electron chi connectivity index (χ2n) is 5.25. The fourth-order valence-corrected chi connectivity index (χ4v) is 2.84. The molecule has 19 heavy (non-hydrogen) atoms. The van der Waals surface area contributed by atoms with Crippen LogP contribution < -0.4 is 5.32 Å². The highest BCUT2D eigenvalue weighted by Crippen LogP contribution is 2.32. The molecule has 1 atom stereocenters. The Hall–Kier alpha value is -1.83. The summed E-state index contributed by atoms with van der Waals surface area (Å²) in [5.74, 6) is -0.144. The number of anilines is 1. The van der Waals surface area contributed by atoms with Crippen molar-refractivity contribution < 1.29 is 4.39 Å². The summed E-state index contributed by atoms with van der Waals surface area (Å²) in [4.78, 5) is 0. The van der Waals surface area contributed by atoms with E-state index >= 15 is 0 Å². The third-order valence-electron chi connectivity index (χ3n) is 3.87. The molecular weight excluding hydrogens is 237 g/mol. The first-order chi connectivity index (χ1) is 9.24. The predicted molar refractivity (Wildman–Crippen MR) is 76.9 cm³/mol. The van der Waals surface area contributed by atoms with Crippen LogP contribution in [0.15, 0.2) is 42.5 Å². The average Bonchev–Trinajstić information content (AvgIpc) is 2.43. The highest BCUT2D eigenvalue weighted by molar-refractivity contribution is 5.49. The molecule has 0 aliphatic heterocycles. The molecule has 0 radical (unpaired) electrons. The molecule has 0 aromatic heterocycles. The molecule has 0 amide bonds. The molecular formula is C17H18FN. The number of fused-ring (bicyclic) bond motifs is 1. The van der Waals surface area contributed by atoms with Crippen molar-refractivity contribution in [3.8, 4) is 0 Å². The van der Waals surface area contributed by atoms with Crippen LogP contribution in [0, 0.1) is 12.7 Å². The monoisotopic (exact) mass is 255 g/mol. The highest BCUT2D eigenvalue weighted by atomic mass is 19.1. The number of hydrogen-bond acceptors (Lipinski definition) is 1. The van der Waals surface area contributed by atoms with Crippen LogP contribution in [0.25, 0.3) is 0 Å². The number of aryl methyl sites for hydroxylation is 2. The molecule has 2 aromatic carbocycles. The van der Waals surface area contributed by atoms with Crippen LogP contribution in [0.1, 0.15) is 35.6 Å². The minimum Gasteiger partial charge on any atom is -0.378 e. The zero-order chi connectivity index (χ0) is 13.2. The van der Waals surface area contributed by atoms with E-state index in [-0.39, 0.29) is 5.82 Å². The smallest absolute Gasteiger partial charge is 0.126 e. The lowest BCUT2D eigenvalue weighted by Crippen LogP contribution is -2.17. The maximum absolute atomic E-state index is 13.3.